The van der Waals surface area contributed by atoms with Crippen LogP contribution in [0.5, 0.6) is 0 Å². The van der Waals surface area contributed by atoms with Crippen molar-refractivity contribution in [3.05, 3.63) is 77.4 Å². The number of aromatic nitrogens is 3. The van der Waals surface area contributed by atoms with Gasteiger partial charge in [0.2, 0.25) is 0 Å². The van der Waals surface area contributed by atoms with Crippen molar-refractivity contribution in [2.75, 3.05) is 27.2 Å². The normalized spacial score (nSPS) is 11.0. The Kier molecular flexibility index (Phi) is 7.37. The number of benzene rings is 2. The minimum atomic E-state index is -0.296. The zero-order chi connectivity index (χ0) is 20.6. The van der Waals surface area contributed by atoms with Gasteiger partial charge >= 0.3 is 0 Å². The fraction of sp³-hybridized carbons (Fsp3) is 0.286. The second-order valence-corrected chi connectivity index (χ2v) is 7.86. The van der Waals surface area contributed by atoms with Crippen LogP contribution in [0.2, 0.25) is 0 Å². The first kappa shape index (κ1) is 21.0. The van der Waals surface area contributed by atoms with Crippen LogP contribution in [0, 0.1) is 5.82 Å². The van der Waals surface area contributed by atoms with Crippen LogP contribution in [0.25, 0.3) is 0 Å². The summed E-state index contributed by atoms with van der Waals surface area (Å²) in [6.07, 6.45) is 1.47. The molecule has 1 heterocycles. The van der Waals surface area contributed by atoms with Crippen LogP contribution < -0.4 is 0 Å². The number of amides is 1. The topological polar surface area (TPSA) is 65.1 Å². The maximum atomic E-state index is 14.1. The van der Waals surface area contributed by atoms with Crippen molar-refractivity contribution in [3.63, 3.8) is 0 Å². The molecule has 3 aromatic rings. The zero-order valence-corrected chi connectivity index (χ0v) is 17.3. The number of halogens is 1. The number of thioether (sulfide) groups is 1. The highest BCUT2D eigenvalue weighted by Crippen LogP contribution is 2.19. The van der Waals surface area contributed by atoms with E-state index >= 15 is 0 Å². The first-order valence-corrected chi connectivity index (χ1v) is 10.3. The predicted molar refractivity (Wildman–Crippen MR) is 112 cm³/mol. The molecular formula is C21H24FN5OS. The molecule has 2 aromatic carbocycles. The van der Waals surface area contributed by atoms with Crippen molar-refractivity contribution in [1.82, 2.24) is 25.0 Å². The van der Waals surface area contributed by atoms with E-state index in [0.717, 1.165) is 16.5 Å². The molecule has 0 radical (unpaired) electrons. The highest BCUT2D eigenvalue weighted by Gasteiger charge is 2.18. The number of carbonyl (C=O) groups excluding carboxylic acids is 1. The van der Waals surface area contributed by atoms with Crippen LogP contribution in [-0.2, 0) is 12.3 Å². The number of rotatable bonds is 9. The maximum Gasteiger partial charge on any atom is 0.254 e. The molecule has 3 rings (SSSR count). The highest BCUT2D eigenvalue weighted by atomic mass is 32.2. The Morgan fingerprint density at radius 1 is 1.10 bits per heavy atom. The van der Waals surface area contributed by atoms with Gasteiger partial charge in [-0.2, -0.15) is 5.10 Å². The Morgan fingerprint density at radius 2 is 1.86 bits per heavy atom. The molecule has 0 fully saturated rings. The van der Waals surface area contributed by atoms with Crippen LogP contribution in [0.4, 0.5) is 4.39 Å². The smallest absolute Gasteiger partial charge is 0.254 e. The highest BCUT2D eigenvalue weighted by molar-refractivity contribution is 7.98. The van der Waals surface area contributed by atoms with Gasteiger partial charge in [-0.05, 0) is 37.9 Å². The molecule has 0 aliphatic heterocycles. The molecular weight excluding hydrogens is 389 g/mol. The molecule has 152 valence electrons. The Balaban J connectivity index is 1.69. The van der Waals surface area contributed by atoms with Gasteiger partial charge in [0.15, 0.2) is 5.16 Å². The van der Waals surface area contributed by atoms with Crippen molar-refractivity contribution in [2.24, 2.45) is 0 Å². The van der Waals surface area contributed by atoms with Crippen molar-refractivity contribution < 1.29 is 9.18 Å². The molecule has 6 nitrogen and oxygen atoms in total. The zero-order valence-electron chi connectivity index (χ0n) is 16.5. The van der Waals surface area contributed by atoms with Gasteiger partial charge in [-0.1, -0.05) is 42.1 Å². The van der Waals surface area contributed by atoms with E-state index in [0.29, 0.717) is 24.2 Å². The molecule has 0 aliphatic carbocycles. The average molecular weight is 414 g/mol. The fourth-order valence-corrected chi connectivity index (χ4v) is 3.48. The quantitative estimate of drug-likeness (QED) is 0.545. The minimum absolute atomic E-state index is 0.107. The van der Waals surface area contributed by atoms with Gasteiger partial charge in [-0.15, -0.1) is 0 Å². The molecule has 0 spiro atoms. The third kappa shape index (κ3) is 6.13. The lowest BCUT2D eigenvalue weighted by Gasteiger charge is -2.25. The molecule has 0 bridgehead atoms. The Hall–Kier alpha value is -2.71. The predicted octanol–water partition coefficient (Wildman–Crippen LogP) is 3.44. The standard InChI is InChI=1S/C21H24FN5OS/c1-26(2)11-12-27(13-18-5-3-4-6-19(18)22)20(28)17-9-7-16(8-10-17)14-29-21-23-15-24-25-21/h3-10,15H,11-14H2,1-2H3,(H,23,24,25). The van der Waals surface area contributed by atoms with Gasteiger partial charge in [0.1, 0.15) is 12.1 Å². The van der Waals surface area contributed by atoms with Crippen molar-refractivity contribution in [3.8, 4) is 0 Å². The summed E-state index contributed by atoms with van der Waals surface area (Å²) in [6.45, 7) is 1.46. The first-order valence-electron chi connectivity index (χ1n) is 9.27. The molecule has 0 aliphatic rings. The van der Waals surface area contributed by atoms with E-state index in [1.165, 1.54) is 12.4 Å². The number of nitrogens with one attached hydrogen (secondary N) is 1. The molecule has 1 aromatic heterocycles. The number of nitrogens with zero attached hydrogens (tertiary/aromatic N) is 4. The number of carbonyl (C=O) groups is 1. The van der Waals surface area contributed by atoms with E-state index in [-0.39, 0.29) is 18.3 Å². The van der Waals surface area contributed by atoms with Gasteiger partial charge in [0.05, 0.1) is 0 Å². The average Bonchev–Trinajstić information content (AvgIpc) is 3.24. The van der Waals surface area contributed by atoms with Crippen molar-refractivity contribution in [1.29, 1.82) is 0 Å². The van der Waals surface area contributed by atoms with E-state index in [4.69, 9.17) is 0 Å². The van der Waals surface area contributed by atoms with Crippen LogP contribution >= 0.6 is 11.8 Å². The summed E-state index contributed by atoms with van der Waals surface area (Å²) in [4.78, 5) is 20.9. The number of hydrogen-bond donors (Lipinski definition) is 1. The summed E-state index contributed by atoms with van der Waals surface area (Å²) in [7, 11) is 3.90. The molecule has 0 saturated carbocycles. The molecule has 0 atom stereocenters. The lowest BCUT2D eigenvalue weighted by molar-refractivity contribution is 0.0730. The molecule has 0 unspecified atom stereocenters. The van der Waals surface area contributed by atoms with Gasteiger partial charge in [-0.25, -0.2) is 9.37 Å². The minimum Gasteiger partial charge on any atom is -0.333 e. The van der Waals surface area contributed by atoms with Gasteiger partial charge in [0.25, 0.3) is 5.91 Å². The van der Waals surface area contributed by atoms with E-state index in [1.54, 1.807) is 34.9 Å². The number of aromatic amines is 1. The summed E-state index contributed by atoms with van der Waals surface area (Å²) in [5.74, 6) is 0.322. The van der Waals surface area contributed by atoms with Gasteiger partial charge in [0, 0.05) is 36.5 Å². The lowest BCUT2D eigenvalue weighted by atomic mass is 10.1. The summed E-state index contributed by atoms with van der Waals surface area (Å²) in [5, 5.41) is 7.39. The monoisotopic (exact) mass is 413 g/mol. The van der Waals surface area contributed by atoms with E-state index in [2.05, 4.69) is 15.2 Å². The molecule has 1 amide bonds. The van der Waals surface area contributed by atoms with Crippen LogP contribution in [0.1, 0.15) is 21.5 Å². The summed E-state index contributed by atoms with van der Waals surface area (Å²) in [6, 6.07) is 14.1. The molecule has 29 heavy (non-hydrogen) atoms. The Morgan fingerprint density at radius 3 is 2.52 bits per heavy atom. The number of H-pyrrole nitrogens is 1. The van der Waals surface area contributed by atoms with Crippen molar-refractivity contribution >= 4 is 17.7 Å². The molecule has 8 heteroatoms. The first-order chi connectivity index (χ1) is 14.0. The Labute approximate surface area is 174 Å². The summed E-state index contributed by atoms with van der Waals surface area (Å²) >= 11 is 1.54. The second-order valence-electron chi connectivity index (χ2n) is 6.90. The fourth-order valence-electron chi connectivity index (χ4n) is 2.75. The van der Waals surface area contributed by atoms with Gasteiger partial charge < -0.3 is 9.80 Å². The summed E-state index contributed by atoms with van der Waals surface area (Å²) < 4.78 is 14.1. The second kappa shape index (κ2) is 10.2. The van der Waals surface area contributed by atoms with Crippen molar-refractivity contribution in [2.45, 2.75) is 17.5 Å². The summed E-state index contributed by atoms with van der Waals surface area (Å²) in [5.41, 5.74) is 2.19. The maximum absolute atomic E-state index is 14.1. The van der Waals surface area contributed by atoms with E-state index in [1.807, 2.05) is 43.3 Å². The SMILES string of the molecule is CN(C)CCN(Cc1ccccc1F)C(=O)c1ccc(CSc2ncn[nH]2)cc1. The lowest BCUT2D eigenvalue weighted by Crippen LogP contribution is -2.36. The number of likely N-dealkylation sites (N-methyl/N-ethyl adjacent to an activating group) is 1. The van der Waals surface area contributed by atoms with Crippen LogP contribution in [0.3, 0.4) is 0 Å². The van der Waals surface area contributed by atoms with Gasteiger partial charge in [-0.3, -0.25) is 9.89 Å². The Bertz CT molecular complexity index is 915. The molecule has 1 N–H and O–H groups in total. The molecule has 0 saturated heterocycles. The largest absolute Gasteiger partial charge is 0.333 e. The van der Waals surface area contributed by atoms with E-state index in [9.17, 15) is 9.18 Å². The third-order valence-corrected chi connectivity index (χ3v) is 5.34. The van der Waals surface area contributed by atoms with E-state index < -0.39 is 0 Å². The van der Waals surface area contributed by atoms with Crippen LogP contribution in [0.15, 0.2) is 60.0 Å². The third-order valence-electron chi connectivity index (χ3n) is 4.39. The van der Waals surface area contributed by atoms with Crippen LogP contribution in [-0.4, -0.2) is 58.1 Å². The number of hydrogen-bond acceptors (Lipinski definition) is 5.